The molecule has 13 heavy (non-hydrogen) atoms. The van der Waals surface area contributed by atoms with Gasteiger partial charge in [-0.3, -0.25) is 11.3 Å². The second-order valence-corrected chi connectivity index (χ2v) is 2.66. The van der Waals surface area contributed by atoms with Crippen molar-refractivity contribution >= 4 is 0 Å². The summed E-state index contributed by atoms with van der Waals surface area (Å²) in [6, 6.07) is 4.66. The molecule has 0 unspecified atom stereocenters. The van der Waals surface area contributed by atoms with Crippen LogP contribution in [0.25, 0.3) is 0 Å². The fourth-order valence-electron chi connectivity index (χ4n) is 1.08. The Bertz CT molecular complexity index is 278. The second kappa shape index (κ2) is 4.79. The van der Waals surface area contributed by atoms with Gasteiger partial charge in [-0.1, -0.05) is 0 Å². The van der Waals surface area contributed by atoms with E-state index in [0.717, 1.165) is 0 Å². The summed E-state index contributed by atoms with van der Waals surface area (Å²) in [6.45, 7) is 0.546. The molecule has 0 aliphatic carbocycles. The predicted molar refractivity (Wildman–Crippen MR) is 48.8 cm³/mol. The molecule has 1 aromatic rings. The summed E-state index contributed by atoms with van der Waals surface area (Å²) >= 11 is 0. The number of halogens is 1. The first-order valence-corrected chi connectivity index (χ1v) is 4.04. The standard InChI is InChI=1S/C9H13FN2O/c1-13-8-2-3-9(10)7(6-8)4-5-12-11/h2-3,6,12H,4-5,11H2,1H3. The molecule has 72 valence electrons. The van der Waals surface area contributed by atoms with E-state index < -0.39 is 0 Å². The predicted octanol–water partition coefficient (Wildman–Crippen LogP) is 0.840. The van der Waals surface area contributed by atoms with Crippen LogP contribution >= 0.6 is 0 Å². The lowest BCUT2D eigenvalue weighted by atomic mass is 10.1. The number of hydrogen-bond acceptors (Lipinski definition) is 3. The van der Waals surface area contributed by atoms with Crippen LogP contribution in [-0.2, 0) is 6.42 Å². The van der Waals surface area contributed by atoms with Gasteiger partial charge in [0.2, 0.25) is 0 Å². The van der Waals surface area contributed by atoms with E-state index in [1.165, 1.54) is 6.07 Å². The van der Waals surface area contributed by atoms with E-state index in [2.05, 4.69) is 5.43 Å². The van der Waals surface area contributed by atoms with Crippen molar-refractivity contribution in [3.05, 3.63) is 29.6 Å². The van der Waals surface area contributed by atoms with Crippen molar-refractivity contribution in [2.24, 2.45) is 5.84 Å². The van der Waals surface area contributed by atoms with Crippen LogP contribution < -0.4 is 16.0 Å². The molecule has 0 saturated carbocycles. The van der Waals surface area contributed by atoms with Gasteiger partial charge in [-0.05, 0) is 30.2 Å². The molecule has 0 amide bonds. The Morgan fingerprint density at radius 3 is 2.92 bits per heavy atom. The van der Waals surface area contributed by atoms with Crippen LogP contribution in [0.4, 0.5) is 4.39 Å². The molecule has 0 aliphatic heterocycles. The number of nitrogens with two attached hydrogens (primary N) is 1. The third kappa shape index (κ3) is 2.68. The van der Waals surface area contributed by atoms with Crippen molar-refractivity contribution in [1.29, 1.82) is 0 Å². The number of ether oxygens (including phenoxy) is 1. The molecule has 1 rings (SSSR count). The van der Waals surface area contributed by atoms with Gasteiger partial charge in [0.05, 0.1) is 7.11 Å². The summed E-state index contributed by atoms with van der Waals surface area (Å²) in [7, 11) is 1.55. The molecular formula is C9H13FN2O. The normalized spacial score (nSPS) is 10.1. The van der Waals surface area contributed by atoms with Crippen LogP contribution in [0.15, 0.2) is 18.2 Å². The van der Waals surface area contributed by atoms with Gasteiger partial charge in [0, 0.05) is 6.54 Å². The Labute approximate surface area is 76.7 Å². The molecule has 0 bridgehead atoms. The maximum atomic E-state index is 13.1. The molecule has 0 radical (unpaired) electrons. The van der Waals surface area contributed by atoms with Crippen molar-refractivity contribution < 1.29 is 9.13 Å². The van der Waals surface area contributed by atoms with Gasteiger partial charge in [0.15, 0.2) is 0 Å². The van der Waals surface area contributed by atoms with E-state index in [1.54, 1.807) is 19.2 Å². The molecule has 4 heteroatoms. The molecule has 3 N–H and O–H groups in total. The Morgan fingerprint density at radius 1 is 1.54 bits per heavy atom. The van der Waals surface area contributed by atoms with E-state index in [0.29, 0.717) is 24.3 Å². The second-order valence-electron chi connectivity index (χ2n) is 2.66. The van der Waals surface area contributed by atoms with Gasteiger partial charge in [0.1, 0.15) is 11.6 Å². The first-order valence-electron chi connectivity index (χ1n) is 4.04. The monoisotopic (exact) mass is 184 g/mol. The fourth-order valence-corrected chi connectivity index (χ4v) is 1.08. The zero-order chi connectivity index (χ0) is 9.68. The Morgan fingerprint density at radius 2 is 2.31 bits per heavy atom. The maximum Gasteiger partial charge on any atom is 0.126 e. The number of benzene rings is 1. The lowest BCUT2D eigenvalue weighted by Gasteiger charge is -2.05. The van der Waals surface area contributed by atoms with Crippen LogP contribution in [0.1, 0.15) is 5.56 Å². The third-order valence-electron chi connectivity index (χ3n) is 1.79. The van der Waals surface area contributed by atoms with Crippen LogP contribution in [0.3, 0.4) is 0 Å². The van der Waals surface area contributed by atoms with Gasteiger partial charge in [-0.25, -0.2) is 4.39 Å². The quantitative estimate of drug-likeness (QED) is 0.538. The smallest absolute Gasteiger partial charge is 0.126 e. The molecule has 0 saturated heterocycles. The Hall–Kier alpha value is -1.13. The largest absolute Gasteiger partial charge is 0.497 e. The maximum absolute atomic E-state index is 13.1. The molecule has 1 aromatic carbocycles. The van der Waals surface area contributed by atoms with E-state index in [4.69, 9.17) is 10.6 Å². The highest BCUT2D eigenvalue weighted by Crippen LogP contribution is 2.16. The summed E-state index contributed by atoms with van der Waals surface area (Å²) in [5.74, 6) is 5.53. The lowest BCUT2D eigenvalue weighted by molar-refractivity contribution is 0.412. The molecular weight excluding hydrogens is 171 g/mol. The van der Waals surface area contributed by atoms with E-state index in [-0.39, 0.29) is 5.82 Å². The average Bonchev–Trinajstić information content (AvgIpc) is 2.17. The summed E-state index contributed by atoms with van der Waals surface area (Å²) in [5.41, 5.74) is 3.08. The van der Waals surface area contributed by atoms with E-state index in [1.807, 2.05) is 0 Å². The zero-order valence-electron chi connectivity index (χ0n) is 7.51. The van der Waals surface area contributed by atoms with Crippen LogP contribution in [-0.4, -0.2) is 13.7 Å². The highest BCUT2D eigenvalue weighted by Gasteiger charge is 2.02. The molecule has 0 atom stereocenters. The average molecular weight is 184 g/mol. The minimum atomic E-state index is -0.226. The number of methoxy groups -OCH3 is 1. The van der Waals surface area contributed by atoms with Crippen molar-refractivity contribution in [1.82, 2.24) is 5.43 Å². The number of hydrogen-bond donors (Lipinski definition) is 2. The van der Waals surface area contributed by atoms with Crippen molar-refractivity contribution in [2.75, 3.05) is 13.7 Å². The van der Waals surface area contributed by atoms with Gasteiger partial charge < -0.3 is 4.74 Å². The molecule has 0 spiro atoms. The van der Waals surface area contributed by atoms with Crippen molar-refractivity contribution in [3.63, 3.8) is 0 Å². The minimum absolute atomic E-state index is 0.226. The van der Waals surface area contributed by atoms with Crippen molar-refractivity contribution in [3.8, 4) is 5.75 Å². The Kier molecular flexibility index (Phi) is 3.67. The summed E-state index contributed by atoms with van der Waals surface area (Å²) in [4.78, 5) is 0. The van der Waals surface area contributed by atoms with Crippen LogP contribution in [0, 0.1) is 5.82 Å². The SMILES string of the molecule is COc1ccc(F)c(CCNN)c1. The Balaban J connectivity index is 2.78. The highest BCUT2D eigenvalue weighted by atomic mass is 19.1. The van der Waals surface area contributed by atoms with Gasteiger partial charge in [0.25, 0.3) is 0 Å². The first-order chi connectivity index (χ1) is 6.27. The first kappa shape index (κ1) is 9.95. The lowest BCUT2D eigenvalue weighted by Crippen LogP contribution is -2.24. The summed E-state index contributed by atoms with van der Waals surface area (Å²) in [5, 5.41) is 0. The van der Waals surface area contributed by atoms with Crippen molar-refractivity contribution in [2.45, 2.75) is 6.42 Å². The molecule has 0 aliphatic rings. The topological polar surface area (TPSA) is 47.3 Å². The van der Waals surface area contributed by atoms with E-state index in [9.17, 15) is 4.39 Å². The molecule has 3 nitrogen and oxygen atoms in total. The van der Waals surface area contributed by atoms with Crippen LogP contribution in [0.2, 0.25) is 0 Å². The zero-order valence-corrected chi connectivity index (χ0v) is 7.51. The highest BCUT2D eigenvalue weighted by molar-refractivity contribution is 5.29. The molecule has 0 fully saturated rings. The third-order valence-corrected chi connectivity index (χ3v) is 1.79. The van der Waals surface area contributed by atoms with Gasteiger partial charge in [-0.2, -0.15) is 0 Å². The fraction of sp³-hybridized carbons (Fsp3) is 0.333. The number of hydrazine groups is 1. The van der Waals surface area contributed by atoms with Gasteiger partial charge >= 0.3 is 0 Å². The van der Waals surface area contributed by atoms with Crippen LogP contribution in [0.5, 0.6) is 5.75 Å². The van der Waals surface area contributed by atoms with Gasteiger partial charge in [-0.15, -0.1) is 0 Å². The molecule has 0 heterocycles. The summed E-state index contributed by atoms with van der Waals surface area (Å²) < 4.78 is 18.1. The number of rotatable bonds is 4. The minimum Gasteiger partial charge on any atom is -0.497 e. The summed E-state index contributed by atoms with van der Waals surface area (Å²) in [6.07, 6.45) is 0.555. The number of nitrogens with one attached hydrogen (secondary N) is 1. The molecule has 0 aromatic heterocycles. The van der Waals surface area contributed by atoms with E-state index >= 15 is 0 Å².